The van der Waals surface area contributed by atoms with E-state index in [1.807, 2.05) is 12.1 Å². The Morgan fingerprint density at radius 1 is 1.40 bits per heavy atom. The molecule has 4 nitrogen and oxygen atoms in total. The lowest BCUT2D eigenvalue weighted by Crippen LogP contribution is -2.47. The molecule has 1 aromatic carbocycles. The summed E-state index contributed by atoms with van der Waals surface area (Å²) in [4.78, 5) is 11.7. The molecule has 1 saturated heterocycles. The molecule has 1 spiro atoms. The van der Waals surface area contributed by atoms with Gasteiger partial charge in [0, 0.05) is 18.6 Å². The zero-order valence-electron chi connectivity index (χ0n) is 11.7. The molecule has 1 heterocycles. The van der Waals surface area contributed by atoms with E-state index in [1.165, 1.54) is 11.1 Å². The Morgan fingerprint density at radius 3 is 2.80 bits per heavy atom. The second-order valence-corrected chi connectivity index (χ2v) is 5.68. The highest BCUT2D eigenvalue weighted by atomic mass is 16.5. The summed E-state index contributed by atoms with van der Waals surface area (Å²) in [6, 6.07) is 6.02. The van der Waals surface area contributed by atoms with Crippen molar-refractivity contribution in [1.29, 1.82) is 0 Å². The van der Waals surface area contributed by atoms with E-state index >= 15 is 0 Å². The minimum Gasteiger partial charge on any atom is -0.496 e. The van der Waals surface area contributed by atoms with Crippen LogP contribution in [0.15, 0.2) is 18.2 Å². The van der Waals surface area contributed by atoms with Gasteiger partial charge in [0.15, 0.2) is 0 Å². The molecule has 1 fully saturated rings. The van der Waals surface area contributed by atoms with Gasteiger partial charge in [-0.15, -0.1) is 0 Å². The number of rotatable bonds is 2. The zero-order chi connectivity index (χ0) is 14.2. The Morgan fingerprint density at radius 2 is 2.15 bits per heavy atom. The molecule has 1 aliphatic carbocycles. The molecule has 0 amide bonds. The van der Waals surface area contributed by atoms with E-state index in [2.05, 4.69) is 6.07 Å². The van der Waals surface area contributed by atoms with Crippen LogP contribution in [-0.2, 0) is 21.4 Å². The molecule has 3 rings (SSSR count). The van der Waals surface area contributed by atoms with Crippen LogP contribution in [0, 0.1) is 5.92 Å². The molecule has 1 atom stereocenters. The first kappa shape index (κ1) is 13.4. The molecule has 108 valence electrons. The molecule has 20 heavy (non-hydrogen) atoms. The Hall–Kier alpha value is -1.55. The average Bonchev–Trinajstić information content (AvgIpc) is 2.47. The van der Waals surface area contributed by atoms with Gasteiger partial charge in [0.2, 0.25) is 0 Å². The smallest absolute Gasteiger partial charge is 0.307 e. The molecular weight excluding hydrogens is 256 g/mol. The summed E-state index contributed by atoms with van der Waals surface area (Å²) in [5, 5.41) is 9.64. The summed E-state index contributed by atoms with van der Waals surface area (Å²) >= 11 is 0. The largest absolute Gasteiger partial charge is 0.496 e. The second-order valence-electron chi connectivity index (χ2n) is 5.68. The maximum Gasteiger partial charge on any atom is 0.307 e. The van der Waals surface area contributed by atoms with Crippen molar-refractivity contribution in [1.82, 2.24) is 0 Å². The van der Waals surface area contributed by atoms with Crippen LogP contribution in [0.3, 0.4) is 0 Å². The van der Waals surface area contributed by atoms with Gasteiger partial charge in [-0.2, -0.15) is 0 Å². The molecule has 1 unspecified atom stereocenters. The van der Waals surface area contributed by atoms with Crippen LogP contribution in [0.2, 0.25) is 0 Å². The molecule has 1 N–H and O–H groups in total. The number of hydrogen-bond donors (Lipinski definition) is 1. The lowest BCUT2D eigenvalue weighted by molar-refractivity contribution is -0.147. The van der Waals surface area contributed by atoms with Crippen molar-refractivity contribution in [3.05, 3.63) is 29.3 Å². The van der Waals surface area contributed by atoms with Crippen molar-refractivity contribution < 1.29 is 19.4 Å². The summed E-state index contributed by atoms with van der Waals surface area (Å²) < 4.78 is 10.9. The number of ether oxygens (including phenoxy) is 2. The first-order chi connectivity index (χ1) is 9.69. The number of carboxylic acid groups (broad SMARTS) is 1. The summed E-state index contributed by atoms with van der Waals surface area (Å²) in [5.41, 5.74) is 2.07. The van der Waals surface area contributed by atoms with Gasteiger partial charge >= 0.3 is 5.97 Å². The van der Waals surface area contributed by atoms with Crippen molar-refractivity contribution in [2.24, 2.45) is 5.92 Å². The Bertz CT molecular complexity index is 517. The van der Waals surface area contributed by atoms with Crippen molar-refractivity contribution >= 4 is 5.97 Å². The van der Waals surface area contributed by atoms with Crippen LogP contribution in [0.1, 0.15) is 30.4 Å². The number of hydrogen-bond acceptors (Lipinski definition) is 3. The lowest BCUT2D eigenvalue weighted by atomic mass is 9.59. The third-order valence-corrected chi connectivity index (χ3v) is 4.92. The molecule has 0 saturated carbocycles. The average molecular weight is 276 g/mol. The fraction of sp³-hybridized carbons (Fsp3) is 0.562. The highest BCUT2D eigenvalue weighted by Gasteiger charge is 2.49. The Labute approximate surface area is 118 Å². The summed E-state index contributed by atoms with van der Waals surface area (Å²) in [7, 11) is 1.68. The summed E-state index contributed by atoms with van der Waals surface area (Å²) in [5.74, 6) is -0.108. The monoisotopic (exact) mass is 276 g/mol. The minimum atomic E-state index is -0.680. The highest BCUT2D eigenvalue weighted by molar-refractivity contribution is 5.74. The van der Waals surface area contributed by atoms with Crippen LogP contribution >= 0.6 is 0 Å². The minimum absolute atomic E-state index is 0.286. The molecule has 4 heteroatoms. The number of carbonyl (C=O) groups is 1. The van der Waals surface area contributed by atoms with Crippen molar-refractivity contribution in [2.45, 2.75) is 31.1 Å². The topological polar surface area (TPSA) is 55.8 Å². The fourth-order valence-corrected chi connectivity index (χ4v) is 3.95. The fourth-order valence-electron chi connectivity index (χ4n) is 3.95. The van der Waals surface area contributed by atoms with Crippen molar-refractivity contribution in [2.75, 3.05) is 20.3 Å². The van der Waals surface area contributed by atoms with E-state index in [1.54, 1.807) is 7.11 Å². The van der Waals surface area contributed by atoms with E-state index in [9.17, 15) is 9.90 Å². The van der Waals surface area contributed by atoms with Crippen LogP contribution in [0.5, 0.6) is 5.75 Å². The van der Waals surface area contributed by atoms with E-state index in [4.69, 9.17) is 9.47 Å². The van der Waals surface area contributed by atoms with Crippen LogP contribution in [0.4, 0.5) is 0 Å². The van der Waals surface area contributed by atoms with Gasteiger partial charge < -0.3 is 14.6 Å². The van der Waals surface area contributed by atoms with Crippen LogP contribution in [-0.4, -0.2) is 31.4 Å². The SMILES string of the molecule is COc1cccc2c1CCC(C(=O)O)C21CCOCC1. The number of benzene rings is 1. The van der Waals surface area contributed by atoms with E-state index in [0.717, 1.165) is 25.0 Å². The number of fused-ring (bicyclic) bond motifs is 2. The molecule has 0 aromatic heterocycles. The number of methoxy groups -OCH3 is 1. The Kier molecular flexibility index (Phi) is 3.42. The highest BCUT2D eigenvalue weighted by Crippen LogP contribution is 2.50. The predicted molar refractivity (Wildman–Crippen MR) is 74.2 cm³/mol. The second kappa shape index (κ2) is 5.09. The molecule has 0 radical (unpaired) electrons. The van der Waals surface area contributed by atoms with Crippen molar-refractivity contribution in [3.63, 3.8) is 0 Å². The number of carboxylic acids is 1. The van der Waals surface area contributed by atoms with Crippen LogP contribution in [0.25, 0.3) is 0 Å². The molecule has 0 bridgehead atoms. The zero-order valence-corrected chi connectivity index (χ0v) is 11.7. The van der Waals surface area contributed by atoms with Gasteiger partial charge in [0.05, 0.1) is 13.0 Å². The molecule has 1 aromatic rings. The third kappa shape index (κ3) is 1.90. The van der Waals surface area contributed by atoms with E-state index in [-0.39, 0.29) is 11.3 Å². The van der Waals surface area contributed by atoms with Crippen LogP contribution < -0.4 is 4.74 Å². The van der Waals surface area contributed by atoms with Gasteiger partial charge in [-0.05, 0) is 42.9 Å². The number of aliphatic carboxylic acids is 1. The standard InChI is InChI=1S/C16H20O4/c1-19-14-4-2-3-12-11(14)5-6-13(15(17)18)16(12)7-9-20-10-8-16/h2-4,13H,5-10H2,1H3,(H,17,18). The van der Waals surface area contributed by atoms with Gasteiger partial charge in [0.1, 0.15) is 5.75 Å². The third-order valence-electron chi connectivity index (χ3n) is 4.92. The van der Waals surface area contributed by atoms with E-state index in [0.29, 0.717) is 19.6 Å². The van der Waals surface area contributed by atoms with Gasteiger partial charge in [0.25, 0.3) is 0 Å². The first-order valence-electron chi connectivity index (χ1n) is 7.16. The van der Waals surface area contributed by atoms with Gasteiger partial charge in [-0.3, -0.25) is 4.79 Å². The maximum absolute atomic E-state index is 11.7. The molecular formula is C16H20O4. The normalized spacial score (nSPS) is 24.1. The summed E-state index contributed by atoms with van der Waals surface area (Å²) in [6.07, 6.45) is 3.02. The van der Waals surface area contributed by atoms with E-state index < -0.39 is 5.97 Å². The van der Waals surface area contributed by atoms with Gasteiger partial charge in [-0.1, -0.05) is 12.1 Å². The summed E-state index contributed by atoms with van der Waals surface area (Å²) in [6.45, 7) is 1.28. The maximum atomic E-state index is 11.7. The lowest BCUT2D eigenvalue weighted by Gasteiger charge is -2.46. The van der Waals surface area contributed by atoms with Crippen molar-refractivity contribution in [3.8, 4) is 5.75 Å². The molecule has 1 aliphatic heterocycles. The first-order valence-corrected chi connectivity index (χ1v) is 7.16. The van der Waals surface area contributed by atoms with Gasteiger partial charge in [-0.25, -0.2) is 0 Å². The Balaban J connectivity index is 2.14. The predicted octanol–water partition coefficient (Wildman–Crippen LogP) is 2.39. The molecule has 2 aliphatic rings. The quantitative estimate of drug-likeness (QED) is 0.901.